The Kier molecular flexibility index (Phi) is 1.60. The number of carbonyl (C=O) groups is 3. The second-order valence-corrected chi connectivity index (χ2v) is 4.82. The summed E-state index contributed by atoms with van der Waals surface area (Å²) in [7, 11) is 0. The molecule has 0 aromatic rings. The van der Waals surface area contributed by atoms with Crippen molar-refractivity contribution in [2.75, 3.05) is 0 Å². The lowest BCUT2D eigenvalue weighted by molar-refractivity contribution is -0.140. The predicted octanol–water partition coefficient (Wildman–Crippen LogP) is -0.382. The first-order valence-electron chi connectivity index (χ1n) is 5.31. The summed E-state index contributed by atoms with van der Waals surface area (Å²) in [6.07, 6.45) is 1.07. The Balaban J connectivity index is 2.09. The molecule has 3 saturated heterocycles. The Hall–Kier alpha value is -1.43. The van der Waals surface area contributed by atoms with Gasteiger partial charge in [-0.05, 0) is 19.8 Å². The smallest absolute Gasteiger partial charge is 0.328 e. The van der Waals surface area contributed by atoms with Crippen LogP contribution < -0.4 is 5.73 Å². The molecule has 3 heterocycles. The van der Waals surface area contributed by atoms with E-state index in [0.717, 1.165) is 12.8 Å². The number of likely N-dealkylation sites (tertiary alicyclic amines) is 1. The molecule has 4 atom stereocenters. The summed E-state index contributed by atoms with van der Waals surface area (Å²) in [4.78, 5) is 35.7. The van der Waals surface area contributed by atoms with Gasteiger partial charge < -0.3 is 10.5 Å². The molecule has 4 amide bonds. The van der Waals surface area contributed by atoms with Crippen LogP contribution in [-0.2, 0) is 14.3 Å². The highest BCUT2D eigenvalue weighted by Crippen LogP contribution is 2.56. The van der Waals surface area contributed by atoms with E-state index in [0.29, 0.717) is 4.90 Å². The van der Waals surface area contributed by atoms with E-state index in [1.54, 1.807) is 6.92 Å². The molecule has 2 N–H and O–H groups in total. The number of nitrogens with two attached hydrogens (primary N) is 1. The minimum absolute atomic E-state index is 0.226. The molecule has 0 aliphatic carbocycles. The summed E-state index contributed by atoms with van der Waals surface area (Å²) in [6, 6.07) is -0.981. The summed E-state index contributed by atoms with van der Waals surface area (Å²) in [6.45, 7) is 1.70. The summed E-state index contributed by atoms with van der Waals surface area (Å²) in [5.74, 6) is -1.51. The lowest BCUT2D eigenvalue weighted by Crippen LogP contribution is -2.45. The predicted molar refractivity (Wildman–Crippen MR) is 50.9 cm³/mol. The van der Waals surface area contributed by atoms with Crippen LogP contribution in [-0.4, -0.2) is 35.0 Å². The van der Waals surface area contributed by atoms with Crippen LogP contribution in [0.15, 0.2) is 0 Å². The second-order valence-electron chi connectivity index (χ2n) is 4.82. The van der Waals surface area contributed by atoms with E-state index in [9.17, 15) is 14.4 Å². The SMILES string of the molecule is C[C@]12C(=O)N(C(N)=O)C(=O)[C@H]1[C@@H]1CC[C@H]2O1. The molecule has 3 rings (SSSR count). The Labute approximate surface area is 91.7 Å². The number of fused-ring (bicyclic) bond motifs is 5. The van der Waals surface area contributed by atoms with E-state index in [-0.39, 0.29) is 12.2 Å². The molecule has 0 spiro atoms. The fourth-order valence-electron chi connectivity index (χ4n) is 3.31. The number of ether oxygens (including phenoxy) is 1. The molecule has 3 aliphatic heterocycles. The van der Waals surface area contributed by atoms with Crippen LogP contribution in [0, 0.1) is 11.3 Å². The molecule has 6 nitrogen and oxygen atoms in total. The number of rotatable bonds is 0. The van der Waals surface area contributed by atoms with E-state index in [4.69, 9.17) is 10.5 Å². The number of primary amides is 1. The molecular weight excluding hydrogens is 212 g/mol. The Morgan fingerprint density at radius 3 is 2.75 bits per heavy atom. The van der Waals surface area contributed by atoms with Gasteiger partial charge in [-0.25, -0.2) is 4.79 Å². The van der Waals surface area contributed by atoms with Gasteiger partial charge in [-0.2, -0.15) is 4.90 Å². The lowest BCUT2D eigenvalue weighted by atomic mass is 9.69. The molecule has 6 heteroatoms. The minimum Gasteiger partial charge on any atom is -0.373 e. The van der Waals surface area contributed by atoms with E-state index in [2.05, 4.69) is 0 Å². The maximum Gasteiger partial charge on any atom is 0.328 e. The molecule has 2 bridgehead atoms. The molecular formula is C10H12N2O4. The van der Waals surface area contributed by atoms with Gasteiger partial charge in [0, 0.05) is 0 Å². The van der Waals surface area contributed by atoms with Crippen molar-refractivity contribution in [2.45, 2.75) is 32.0 Å². The van der Waals surface area contributed by atoms with Gasteiger partial charge in [0.25, 0.3) is 0 Å². The molecule has 0 aromatic heterocycles. The van der Waals surface area contributed by atoms with Gasteiger partial charge in [-0.15, -0.1) is 0 Å². The minimum atomic E-state index is -0.981. The summed E-state index contributed by atoms with van der Waals surface area (Å²) < 4.78 is 5.59. The molecule has 0 unspecified atom stereocenters. The van der Waals surface area contributed by atoms with Crippen LogP contribution in [0.1, 0.15) is 19.8 Å². The average Bonchev–Trinajstić information content (AvgIpc) is 2.79. The Bertz CT molecular complexity index is 421. The van der Waals surface area contributed by atoms with Crippen molar-refractivity contribution in [3.05, 3.63) is 0 Å². The average molecular weight is 224 g/mol. The molecule has 3 fully saturated rings. The van der Waals surface area contributed by atoms with Crippen molar-refractivity contribution in [3.63, 3.8) is 0 Å². The van der Waals surface area contributed by atoms with Gasteiger partial charge >= 0.3 is 6.03 Å². The third-order valence-electron chi connectivity index (χ3n) is 4.11. The van der Waals surface area contributed by atoms with Crippen molar-refractivity contribution < 1.29 is 19.1 Å². The van der Waals surface area contributed by atoms with Gasteiger partial charge in [0.15, 0.2) is 0 Å². The quantitative estimate of drug-likeness (QED) is 0.568. The van der Waals surface area contributed by atoms with Gasteiger partial charge in [-0.3, -0.25) is 9.59 Å². The van der Waals surface area contributed by atoms with Crippen LogP contribution in [0.3, 0.4) is 0 Å². The highest BCUT2D eigenvalue weighted by Gasteiger charge is 2.70. The number of carbonyl (C=O) groups excluding carboxylic acids is 3. The highest BCUT2D eigenvalue weighted by atomic mass is 16.5. The number of imide groups is 3. The summed E-state index contributed by atoms with van der Waals surface area (Å²) in [5, 5.41) is 0. The number of hydrogen-bond acceptors (Lipinski definition) is 4. The first-order valence-corrected chi connectivity index (χ1v) is 5.31. The fourth-order valence-corrected chi connectivity index (χ4v) is 3.31. The van der Waals surface area contributed by atoms with Crippen LogP contribution in [0.5, 0.6) is 0 Å². The standard InChI is InChI=1S/C10H12N2O4/c1-10-5-3-2-4(16-5)6(10)7(13)12(8(10)14)9(11)15/h4-6H,2-3H2,1H3,(H2,11,15)/t4-,5+,6+,10+/m0/s1. The van der Waals surface area contributed by atoms with Crippen molar-refractivity contribution >= 4 is 17.8 Å². The molecule has 3 aliphatic rings. The maximum atomic E-state index is 12.1. The van der Waals surface area contributed by atoms with E-state index >= 15 is 0 Å². The molecule has 0 saturated carbocycles. The number of hydrogen-bond donors (Lipinski definition) is 1. The van der Waals surface area contributed by atoms with Gasteiger partial charge in [0.05, 0.1) is 23.5 Å². The molecule has 16 heavy (non-hydrogen) atoms. The summed E-state index contributed by atoms with van der Waals surface area (Å²) >= 11 is 0. The Morgan fingerprint density at radius 1 is 1.50 bits per heavy atom. The first-order chi connectivity index (χ1) is 7.48. The van der Waals surface area contributed by atoms with Crippen molar-refractivity contribution in [1.82, 2.24) is 4.90 Å². The van der Waals surface area contributed by atoms with Crippen LogP contribution in [0.2, 0.25) is 0 Å². The second kappa shape index (κ2) is 2.63. The number of urea groups is 1. The highest BCUT2D eigenvalue weighted by molar-refractivity contribution is 6.18. The van der Waals surface area contributed by atoms with Crippen LogP contribution in [0.4, 0.5) is 4.79 Å². The zero-order chi connectivity index (χ0) is 11.7. The maximum absolute atomic E-state index is 12.1. The summed E-state index contributed by atoms with van der Waals surface area (Å²) in [5.41, 5.74) is 4.18. The molecule has 86 valence electrons. The van der Waals surface area contributed by atoms with Crippen LogP contribution >= 0.6 is 0 Å². The monoisotopic (exact) mass is 224 g/mol. The fraction of sp³-hybridized carbons (Fsp3) is 0.700. The zero-order valence-corrected chi connectivity index (χ0v) is 8.80. The topological polar surface area (TPSA) is 89.7 Å². The van der Waals surface area contributed by atoms with Crippen molar-refractivity contribution in [3.8, 4) is 0 Å². The van der Waals surface area contributed by atoms with E-state index < -0.39 is 29.2 Å². The van der Waals surface area contributed by atoms with Crippen molar-refractivity contribution in [2.24, 2.45) is 17.1 Å². The Morgan fingerprint density at radius 2 is 2.19 bits per heavy atom. The van der Waals surface area contributed by atoms with E-state index in [1.807, 2.05) is 0 Å². The largest absolute Gasteiger partial charge is 0.373 e. The molecule has 0 aromatic carbocycles. The van der Waals surface area contributed by atoms with Gasteiger partial charge in [-0.1, -0.05) is 0 Å². The van der Waals surface area contributed by atoms with Gasteiger partial charge in [0.2, 0.25) is 11.8 Å². The first kappa shape index (κ1) is 9.77. The zero-order valence-electron chi connectivity index (χ0n) is 8.80. The lowest BCUT2D eigenvalue weighted by Gasteiger charge is -2.27. The third-order valence-corrected chi connectivity index (χ3v) is 4.11. The van der Waals surface area contributed by atoms with Gasteiger partial charge in [0.1, 0.15) is 0 Å². The number of nitrogens with zero attached hydrogens (tertiary/aromatic N) is 1. The third kappa shape index (κ3) is 0.810. The van der Waals surface area contributed by atoms with Crippen LogP contribution in [0.25, 0.3) is 0 Å². The normalized spacial score (nSPS) is 45.3. The van der Waals surface area contributed by atoms with Crippen molar-refractivity contribution in [1.29, 1.82) is 0 Å². The molecule has 0 radical (unpaired) electrons. The van der Waals surface area contributed by atoms with E-state index in [1.165, 1.54) is 0 Å². The number of amides is 4.